The van der Waals surface area contributed by atoms with Crippen molar-refractivity contribution in [3.8, 4) is 11.5 Å². The molecule has 166 valence electrons. The number of hydrogen-bond donors (Lipinski definition) is 0. The molecule has 5 rings (SSSR count). The van der Waals surface area contributed by atoms with E-state index in [1.807, 2.05) is 19.1 Å². The minimum absolute atomic E-state index is 0.327. The van der Waals surface area contributed by atoms with E-state index in [2.05, 4.69) is 46.2 Å². The van der Waals surface area contributed by atoms with Gasteiger partial charge in [-0.15, -0.1) is 0 Å². The normalized spacial score (nSPS) is 19.8. The van der Waals surface area contributed by atoms with Crippen LogP contribution in [0.1, 0.15) is 32.6 Å². The van der Waals surface area contributed by atoms with Gasteiger partial charge in [0.05, 0.1) is 12.7 Å². The summed E-state index contributed by atoms with van der Waals surface area (Å²) < 4.78 is 17.3. The highest BCUT2D eigenvalue weighted by Gasteiger charge is 2.29. The molecule has 0 radical (unpaired) electrons. The Balaban J connectivity index is 1.24. The monoisotopic (exact) mass is 422 g/mol. The second-order valence-electron chi connectivity index (χ2n) is 9.18. The number of hydrogen-bond acceptors (Lipinski definition) is 5. The van der Waals surface area contributed by atoms with Crippen LogP contribution < -0.4 is 14.5 Å². The Bertz CT molecular complexity index is 830. The summed E-state index contributed by atoms with van der Waals surface area (Å²) in [5, 5.41) is 0. The van der Waals surface area contributed by atoms with E-state index in [0.717, 1.165) is 42.2 Å². The van der Waals surface area contributed by atoms with E-state index in [4.69, 9.17) is 14.2 Å². The summed E-state index contributed by atoms with van der Waals surface area (Å²) >= 11 is 0. The van der Waals surface area contributed by atoms with Gasteiger partial charge in [-0.1, -0.05) is 6.07 Å². The molecule has 5 heteroatoms. The minimum atomic E-state index is 0.327. The molecule has 2 aromatic carbocycles. The van der Waals surface area contributed by atoms with Crippen LogP contribution in [0.3, 0.4) is 0 Å². The van der Waals surface area contributed by atoms with Crippen molar-refractivity contribution in [2.24, 2.45) is 11.8 Å². The number of anilines is 2. The van der Waals surface area contributed by atoms with Gasteiger partial charge in [-0.2, -0.15) is 0 Å². The van der Waals surface area contributed by atoms with Crippen molar-refractivity contribution in [3.63, 3.8) is 0 Å². The molecule has 1 atom stereocenters. The van der Waals surface area contributed by atoms with Crippen LogP contribution in [-0.2, 0) is 9.47 Å². The summed E-state index contributed by atoms with van der Waals surface area (Å²) in [6, 6.07) is 16.9. The third-order valence-electron chi connectivity index (χ3n) is 6.25. The van der Waals surface area contributed by atoms with Gasteiger partial charge in [-0.25, -0.2) is 0 Å². The van der Waals surface area contributed by atoms with Crippen LogP contribution >= 0.6 is 0 Å². The molecule has 2 aromatic rings. The highest BCUT2D eigenvalue weighted by atomic mass is 16.6. The van der Waals surface area contributed by atoms with Gasteiger partial charge in [0.25, 0.3) is 0 Å². The van der Waals surface area contributed by atoms with Gasteiger partial charge in [0, 0.05) is 43.7 Å². The predicted octanol–water partition coefficient (Wildman–Crippen LogP) is 5.30. The van der Waals surface area contributed by atoms with Crippen LogP contribution in [0.15, 0.2) is 48.5 Å². The average molecular weight is 423 g/mol. The van der Waals surface area contributed by atoms with Gasteiger partial charge in [-0.3, -0.25) is 0 Å². The van der Waals surface area contributed by atoms with E-state index in [0.29, 0.717) is 19.4 Å². The zero-order chi connectivity index (χ0) is 21.0. The van der Waals surface area contributed by atoms with Crippen molar-refractivity contribution in [1.82, 2.24) is 0 Å². The van der Waals surface area contributed by atoms with E-state index >= 15 is 0 Å². The fraction of sp³-hybridized carbons (Fsp3) is 0.538. The Morgan fingerprint density at radius 3 is 2.16 bits per heavy atom. The highest BCUT2D eigenvalue weighted by Crippen LogP contribution is 2.37. The molecular formula is C26H34N2O3. The molecule has 0 N–H and O–H groups in total. The first kappa shape index (κ1) is 20.7. The van der Waals surface area contributed by atoms with Crippen LogP contribution in [-0.4, -0.2) is 45.7 Å². The Morgan fingerprint density at radius 2 is 1.55 bits per heavy atom. The van der Waals surface area contributed by atoms with Crippen molar-refractivity contribution in [2.75, 3.05) is 49.4 Å². The molecule has 1 aliphatic heterocycles. The second-order valence-corrected chi connectivity index (χ2v) is 9.18. The van der Waals surface area contributed by atoms with Crippen LogP contribution in [0.5, 0.6) is 11.5 Å². The first-order valence-electron chi connectivity index (χ1n) is 11.8. The number of rotatable bonds is 13. The Kier molecular flexibility index (Phi) is 6.32. The fourth-order valence-electron chi connectivity index (χ4n) is 3.97. The topological polar surface area (TPSA) is 37.5 Å². The summed E-state index contributed by atoms with van der Waals surface area (Å²) in [5.74, 6) is 3.53. The van der Waals surface area contributed by atoms with Crippen molar-refractivity contribution < 1.29 is 14.2 Å². The molecule has 1 heterocycles. The molecule has 0 amide bonds. The van der Waals surface area contributed by atoms with Crippen LogP contribution in [0.4, 0.5) is 11.4 Å². The molecular weight excluding hydrogens is 388 g/mol. The summed E-state index contributed by atoms with van der Waals surface area (Å²) in [5.41, 5.74) is 2.42. The van der Waals surface area contributed by atoms with Crippen LogP contribution in [0.25, 0.3) is 0 Å². The zero-order valence-corrected chi connectivity index (χ0v) is 18.5. The van der Waals surface area contributed by atoms with Gasteiger partial charge in [0.2, 0.25) is 0 Å². The number of nitrogens with zero attached hydrogens (tertiary/aromatic N) is 2. The summed E-state index contributed by atoms with van der Waals surface area (Å²) in [4.78, 5) is 4.80. The summed E-state index contributed by atoms with van der Waals surface area (Å²) in [7, 11) is 0. The molecule has 31 heavy (non-hydrogen) atoms. The van der Waals surface area contributed by atoms with Gasteiger partial charge in [0.15, 0.2) is 0 Å². The maximum Gasteiger partial charge on any atom is 0.129 e. The van der Waals surface area contributed by atoms with Gasteiger partial charge < -0.3 is 24.0 Å². The lowest BCUT2D eigenvalue weighted by Crippen LogP contribution is -2.30. The van der Waals surface area contributed by atoms with E-state index in [1.165, 1.54) is 44.5 Å². The van der Waals surface area contributed by atoms with Gasteiger partial charge in [-0.05, 0) is 80.8 Å². The van der Waals surface area contributed by atoms with Crippen LogP contribution in [0, 0.1) is 11.8 Å². The first-order chi connectivity index (χ1) is 15.3. The van der Waals surface area contributed by atoms with Crippen molar-refractivity contribution in [1.29, 1.82) is 0 Å². The van der Waals surface area contributed by atoms with E-state index in [9.17, 15) is 0 Å². The lowest BCUT2D eigenvalue weighted by molar-refractivity contribution is 0.146. The second kappa shape index (κ2) is 9.49. The zero-order valence-electron chi connectivity index (χ0n) is 18.5. The summed E-state index contributed by atoms with van der Waals surface area (Å²) in [6.45, 7) is 7.39. The third-order valence-corrected chi connectivity index (χ3v) is 6.25. The molecule has 5 nitrogen and oxygen atoms in total. The molecule has 3 aliphatic rings. The smallest absolute Gasteiger partial charge is 0.129 e. The van der Waals surface area contributed by atoms with Gasteiger partial charge >= 0.3 is 0 Å². The standard InChI is InChI=1S/C26H34N2O3/c1-2-29-19-28(17-26-18-30-26)22-10-12-24(13-11-22)31-25-5-3-4-23(14-25)27(15-20-6-7-20)16-21-8-9-21/h3-5,10-14,20-21,26H,2,6-9,15-19H2,1H3. The van der Waals surface area contributed by atoms with Crippen molar-refractivity contribution in [3.05, 3.63) is 48.5 Å². The largest absolute Gasteiger partial charge is 0.457 e. The van der Waals surface area contributed by atoms with Gasteiger partial charge in [0.1, 0.15) is 18.2 Å². The molecule has 1 saturated heterocycles. The van der Waals surface area contributed by atoms with E-state index < -0.39 is 0 Å². The number of epoxide rings is 1. The third kappa shape index (κ3) is 6.14. The van der Waals surface area contributed by atoms with E-state index in [-0.39, 0.29) is 0 Å². The molecule has 3 fully saturated rings. The highest BCUT2D eigenvalue weighted by molar-refractivity contribution is 5.53. The van der Waals surface area contributed by atoms with E-state index in [1.54, 1.807) is 0 Å². The maximum atomic E-state index is 6.22. The lowest BCUT2D eigenvalue weighted by Gasteiger charge is -2.25. The molecule has 0 aromatic heterocycles. The lowest BCUT2D eigenvalue weighted by atomic mass is 10.2. The summed E-state index contributed by atoms with van der Waals surface area (Å²) in [6.07, 6.45) is 5.87. The maximum absolute atomic E-state index is 6.22. The van der Waals surface area contributed by atoms with Crippen LogP contribution in [0.2, 0.25) is 0 Å². The SMILES string of the molecule is CCOCN(CC1CO1)c1ccc(Oc2cccc(N(CC3CC3)CC3CC3)c2)cc1. The Morgan fingerprint density at radius 1 is 0.839 bits per heavy atom. The molecule has 0 spiro atoms. The molecule has 0 bridgehead atoms. The number of benzene rings is 2. The molecule has 1 unspecified atom stereocenters. The minimum Gasteiger partial charge on any atom is -0.457 e. The predicted molar refractivity (Wildman–Crippen MR) is 124 cm³/mol. The molecule has 2 saturated carbocycles. The Labute approximate surface area is 185 Å². The van der Waals surface area contributed by atoms with Crippen molar-refractivity contribution in [2.45, 2.75) is 38.7 Å². The fourth-order valence-corrected chi connectivity index (χ4v) is 3.97. The average Bonchev–Trinajstić information content (AvgIpc) is 3.62. The van der Waals surface area contributed by atoms with Crippen molar-refractivity contribution >= 4 is 11.4 Å². The first-order valence-corrected chi connectivity index (χ1v) is 11.8. The molecule has 2 aliphatic carbocycles. The Hall–Kier alpha value is -2.24. The quantitative estimate of drug-likeness (QED) is 0.323. The number of ether oxygens (including phenoxy) is 3.